The highest BCUT2D eigenvalue weighted by Crippen LogP contribution is 2.19. The van der Waals surface area contributed by atoms with Crippen molar-refractivity contribution in [1.82, 2.24) is 4.90 Å². The zero-order valence-corrected chi connectivity index (χ0v) is 9.76. The van der Waals surface area contributed by atoms with Crippen LogP contribution < -0.4 is 0 Å². The van der Waals surface area contributed by atoms with Gasteiger partial charge in [-0.1, -0.05) is 20.8 Å². The SMILES string of the molecule is CN(CC1CCCO1)C(=N)C(C)(C)C. The number of hydrogen-bond donors (Lipinski definition) is 1. The van der Waals surface area contributed by atoms with Gasteiger partial charge in [0, 0.05) is 25.6 Å². The Labute approximate surface area is 86.9 Å². The Balaban J connectivity index is 2.41. The molecule has 0 saturated carbocycles. The number of rotatable bonds is 2. The molecule has 0 amide bonds. The normalized spacial score (nSPS) is 22.4. The lowest BCUT2D eigenvalue weighted by molar-refractivity contribution is 0.0941. The minimum Gasteiger partial charge on any atom is -0.376 e. The molecule has 1 aliphatic heterocycles. The van der Waals surface area contributed by atoms with Crippen LogP contribution in [0, 0.1) is 10.8 Å². The van der Waals surface area contributed by atoms with E-state index in [1.165, 1.54) is 6.42 Å². The molecule has 1 atom stereocenters. The van der Waals surface area contributed by atoms with Gasteiger partial charge in [0.25, 0.3) is 0 Å². The van der Waals surface area contributed by atoms with Gasteiger partial charge in [-0.15, -0.1) is 0 Å². The smallest absolute Gasteiger partial charge is 0.101 e. The average Bonchev–Trinajstić information content (AvgIpc) is 2.53. The fourth-order valence-electron chi connectivity index (χ4n) is 1.76. The van der Waals surface area contributed by atoms with Crippen LogP contribution in [0.3, 0.4) is 0 Å². The van der Waals surface area contributed by atoms with E-state index in [1.54, 1.807) is 0 Å². The fourth-order valence-corrected chi connectivity index (χ4v) is 1.76. The zero-order chi connectivity index (χ0) is 10.8. The predicted octanol–water partition coefficient (Wildman–Crippen LogP) is 2.12. The number of ether oxygens (including phenoxy) is 1. The molecule has 0 aromatic heterocycles. The van der Waals surface area contributed by atoms with Crippen molar-refractivity contribution in [2.75, 3.05) is 20.2 Å². The van der Waals surface area contributed by atoms with Crippen LogP contribution in [0.15, 0.2) is 0 Å². The van der Waals surface area contributed by atoms with E-state index >= 15 is 0 Å². The minimum atomic E-state index is -0.0621. The Bertz CT molecular complexity index is 202. The number of nitrogens with one attached hydrogen (secondary N) is 1. The predicted molar refractivity (Wildman–Crippen MR) is 58.8 cm³/mol. The molecule has 1 N–H and O–H groups in total. The molecular weight excluding hydrogens is 176 g/mol. The van der Waals surface area contributed by atoms with E-state index in [0.29, 0.717) is 11.9 Å². The van der Waals surface area contributed by atoms with Gasteiger partial charge in [0.05, 0.1) is 6.10 Å². The minimum absolute atomic E-state index is 0.0621. The largest absolute Gasteiger partial charge is 0.376 e. The summed E-state index contributed by atoms with van der Waals surface area (Å²) in [4.78, 5) is 2.01. The van der Waals surface area contributed by atoms with Crippen molar-refractivity contribution in [2.45, 2.75) is 39.7 Å². The first-order valence-electron chi connectivity index (χ1n) is 5.33. The molecule has 1 fully saturated rings. The molecule has 3 nitrogen and oxygen atoms in total. The Morgan fingerprint density at radius 2 is 2.14 bits per heavy atom. The number of likely N-dealkylation sites (N-methyl/N-ethyl adjacent to an activating group) is 1. The topological polar surface area (TPSA) is 36.3 Å². The molecule has 14 heavy (non-hydrogen) atoms. The van der Waals surface area contributed by atoms with Gasteiger partial charge in [-0.2, -0.15) is 0 Å². The van der Waals surface area contributed by atoms with Gasteiger partial charge in [-0.25, -0.2) is 0 Å². The summed E-state index contributed by atoms with van der Waals surface area (Å²) in [5.41, 5.74) is -0.0621. The van der Waals surface area contributed by atoms with E-state index in [0.717, 1.165) is 19.6 Å². The second-order valence-corrected chi connectivity index (χ2v) is 5.11. The number of hydrogen-bond acceptors (Lipinski definition) is 2. The molecule has 0 bridgehead atoms. The molecule has 1 heterocycles. The van der Waals surface area contributed by atoms with Crippen molar-refractivity contribution in [3.8, 4) is 0 Å². The first kappa shape index (κ1) is 11.5. The summed E-state index contributed by atoms with van der Waals surface area (Å²) in [7, 11) is 1.98. The van der Waals surface area contributed by atoms with E-state index in [9.17, 15) is 0 Å². The van der Waals surface area contributed by atoms with Crippen LogP contribution in [0.5, 0.6) is 0 Å². The zero-order valence-electron chi connectivity index (χ0n) is 9.76. The maximum atomic E-state index is 7.98. The van der Waals surface area contributed by atoms with E-state index < -0.39 is 0 Å². The highest BCUT2D eigenvalue weighted by molar-refractivity contribution is 5.84. The summed E-state index contributed by atoms with van der Waals surface area (Å²) >= 11 is 0. The Kier molecular flexibility index (Phi) is 3.53. The van der Waals surface area contributed by atoms with Crippen molar-refractivity contribution < 1.29 is 4.74 Å². The van der Waals surface area contributed by atoms with Crippen molar-refractivity contribution in [3.05, 3.63) is 0 Å². The Morgan fingerprint density at radius 1 is 1.50 bits per heavy atom. The highest BCUT2D eigenvalue weighted by atomic mass is 16.5. The van der Waals surface area contributed by atoms with Gasteiger partial charge in [0.15, 0.2) is 0 Å². The third kappa shape index (κ3) is 2.98. The summed E-state index contributed by atoms with van der Waals surface area (Å²) in [5.74, 6) is 0.688. The van der Waals surface area contributed by atoms with Crippen LogP contribution in [-0.2, 0) is 4.74 Å². The fraction of sp³-hybridized carbons (Fsp3) is 0.909. The standard InChI is InChI=1S/C11H22N2O/c1-11(2,3)10(12)13(4)8-9-6-5-7-14-9/h9,12H,5-8H2,1-4H3. The maximum absolute atomic E-state index is 7.98. The molecule has 0 aliphatic carbocycles. The first-order valence-corrected chi connectivity index (χ1v) is 5.33. The van der Waals surface area contributed by atoms with Crippen molar-refractivity contribution in [2.24, 2.45) is 5.41 Å². The van der Waals surface area contributed by atoms with Crippen LogP contribution >= 0.6 is 0 Å². The average molecular weight is 198 g/mol. The summed E-state index contributed by atoms with van der Waals surface area (Å²) in [5, 5.41) is 7.98. The molecule has 1 saturated heterocycles. The molecular formula is C11H22N2O. The van der Waals surface area contributed by atoms with Gasteiger partial charge in [-0.05, 0) is 12.8 Å². The molecule has 82 valence electrons. The van der Waals surface area contributed by atoms with Crippen LogP contribution in [0.2, 0.25) is 0 Å². The van der Waals surface area contributed by atoms with Gasteiger partial charge in [0.2, 0.25) is 0 Å². The van der Waals surface area contributed by atoms with Crippen LogP contribution in [0.25, 0.3) is 0 Å². The second kappa shape index (κ2) is 4.30. The molecule has 1 unspecified atom stereocenters. The molecule has 0 aromatic rings. The van der Waals surface area contributed by atoms with E-state index in [1.807, 2.05) is 11.9 Å². The van der Waals surface area contributed by atoms with Crippen molar-refractivity contribution in [1.29, 1.82) is 5.41 Å². The van der Waals surface area contributed by atoms with Gasteiger partial charge in [0.1, 0.15) is 5.84 Å². The van der Waals surface area contributed by atoms with Crippen LogP contribution in [0.1, 0.15) is 33.6 Å². The van der Waals surface area contributed by atoms with Gasteiger partial charge >= 0.3 is 0 Å². The second-order valence-electron chi connectivity index (χ2n) is 5.11. The maximum Gasteiger partial charge on any atom is 0.101 e. The lowest BCUT2D eigenvalue weighted by Crippen LogP contribution is -2.40. The van der Waals surface area contributed by atoms with E-state index in [4.69, 9.17) is 10.1 Å². The summed E-state index contributed by atoms with van der Waals surface area (Å²) in [6.45, 7) is 7.96. The number of nitrogens with zero attached hydrogens (tertiary/aromatic N) is 1. The summed E-state index contributed by atoms with van der Waals surface area (Å²) in [6.07, 6.45) is 2.64. The third-order valence-corrected chi connectivity index (χ3v) is 2.59. The summed E-state index contributed by atoms with van der Waals surface area (Å²) in [6, 6.07) is 0. The van der Waals surface area contributed by atoms with Crippen LogP contribution in [-0.4, -0.2) is 37.0 Å². The number of amidine groups is 1. The Hall–Kier alpha value is -0.570. The van der Waals surface area contributed by atoms with E-state index in [-0.39, 0.29) is 5.41 Å². The summed E-state index contributed by atoms with van der Waals surface area (Å²) < 4.78 is 5.55. The van der Waals surface area contributed by atoms with Crippen molar-refractivity contribution >= 4 is 5.84 Å². The van der Waals surface area contributed by atoms with E-state index in [2.05, 4.69) is 20.8 Å². The van der Waals surface area contributed by atoms with Gasteiger partial charge in [-0.3, -0.25) is 5.41 Å². The van der Waals surface area contributed by atoms with Crippen molar-refractivity contribution in [3.63, 3.8) is 0 Å². The molecule has 1 aliphatic rings. The molecule has 3 heteroatoms. The molecule has 0 aromatic carbocycles. The monoisotopic (exact) mass is 198 g/mol. The molecule has 0 radical (unpaired) electrons. The Morgan fingerprint density at radius 3 is 2.57 bits per heavy atom. The molecule has 0 spiro atoms. The quantitative estimate of drug-likeness (QED) is 0.545. The van der Waals surface area contributed by atoms with Gasteiger partial charge < -0.3 is 9.64 Å². The molecule has 1 rings (SSSR count). The lowest BCUT2D eigenvalue weighted by atomic mass is 9.94. The highest BCUT2D eigenvalue weighted by Gasteiger charge is 2.24. The van der Waals surface area contributed by atoms with Crippen LogP contribution in [0.4, 0.5) is 0 Å². The third-order valence-electron chi connectivity index (χ3n) is 2.59. The first-order chi connectivity index (χ1) is 6.41. The lowest BCUT2D eigenvalue weighted by Gasteiger charge is -2.30.